The molecule has 2 aliphatic heterocycles. The van der Waals surface area contributed by atoms with Crippen LogP contribution in [0.15, 0.2) is 0 Å². The summed E-state index contributed by atoms with van der Waals surface area (Å²) in [5.74, 6) is -1.47. The maximum Gasteiger partial charge on any atom is 0.451 e. The second-order valence-corrected chi connectivity index (χ2v) is 9.09. The molecule has 0 saturated carbocycles. The molecule has 4 heterocycles. The summed E-state index contributed by atoms with van der Waals surface area (Å²) in [5.41, 5.74) is -0.668. The van der Waals surface area contributed by atoms with Gasteiger partial charge in [0.05, 0.1) is 12.1 Å². The van der Waals surface area contributed by atoms with Crippen molar-refractivity contribution in [2.45, 2.75) is 77.7 Å². The molecular formula is C19H26F6N8O2. The first-order chi connectivity index (χ1) is 16.0. The predicted molar refractivity (Wildman–Crippen MR) is 108 cm³/mol. The molecule has 10 nitrogen and oxygen atoms in total. The zero-order valence-electron chi connectivity index (χ0n) is 19.7. The topological polar surface area (TPSA) is 103 Å². The lowest BCUT2D eigenvalue weighted by atomic mass is 10.2. The van der Waals surface area contributed by atoms with E-state index in [1.807, 2.05) is 0 Å². The maximum atomic E-state index is 12.8. The van der Waals surface area contributed by atoms with Gasteiger partial charge >= 0.3 is 18.4 Å². The Hall–Kier alpha value is -2.91. The van der Waals surface area contributed by atoms with E-state index in [4.69, 9.17) is 4.74 Å². The molecule has 16 heteroatoms. The van der Waals surface area contributed by atoms with Gasteiger partial charge in [-0.25, -0.2) is 4.79 Å². The van der Waals surface area contributed by atoms with Crippen LogP contribution in [0.4, 0.5) is 31.1 Å². The highest BCUT2D eigenvalue weighted by Crippen LogP contribution is 2.33. The Labute approximate surface area is 196 Å². The van der Waals surface area contributed by atoms with Gasteiger partial charge in [0, 0.05) is 26.2 Å². The van der Waals surface area contributed by atoms with Crippen LogP contribution in [0.3, 0.4) is 0 Å². The predicted octanol–water partition coefficient (Wildman–Crippen LogP) is 3.57. The third-order valence-corrected chi connectivity index (χ3v) is 5.27. The minimum Gasteiger partial charge on any atom is -0.444 e. The molecule has 1 N–H and O–H groups in total. The summed E-state index contributed by atoms with van der Waals surface area (Å²) >= 11 is 0. The van der Waals surface area contributed by atoms with Crippen LogP contribution in [0, 0.1) is 0 Å². The van der Waals surface area contributed by atoms with Crippen molar-refractivity contribution >= 4 is 6.09 Å². The van der Waals surface area contributed by atoms with Crippen LogP contribution in [0.5, 0.6) is 0 Å². The monoisotopic (exact) mass is 512 g/mol. The molecule has 2 unspecified atom stereocenters. The first-order valence-corrected chi connectivity index (χ1v) is 10.7. The number of carbonyl (C=O) groups excluding carboxylic acids is 1. The van der Waals surface area contributed by atoms with Crippen molar-refractivity contribution in [1.82, 2.24) is 39.7 Å². The van der Waals surface area contributed by atoms with Gasteiger partial charge in [0.15, 0.2) is 5.82 Å². The first-order valence-electron chi connectivity index (χ1n) is 10.7. The number of fused-ring (bicyclic) bond motifs is 2. The highest BCUT2D eigenvalue weighted by atomic mass is 19.4. The highest BCUT2D eigenvalue weighted by molar-refractivity contribution is 5.68. The van der Waals surface area contributed by atoms with Crippen LogP contribution in [-0.2, 0) is 30.2 Å². The van der Waals surface area contributed by atoms with Gasteiger partial charge in [-0.3, -0.25) is 4.90 Å². The number of amides is 1. The van der Waals surface area contributed by atoms with E-state index in [2.05, 4.69) is 25.7 Å². The van der Waals surface area contributed by atoms with Crippen molar-refractivity contribution in [3.63, 3.8) is 0 Å². The molecule has 1 amide bonds. The van der Waals surface area contributed by atoms with Crippen LogP contribution in [0.25, 0.3) is 0 Å². The van der Waals surface area contributed by atoms with E-state index in [1.54, 1.807) is 34.6 Å². The molecule has 2 aromatic rings. The second-order valence-electron chi connectivity index (χ2n) is 9.09. The summed E-state index contributed by atoms with van der Waals surface area (Å²) in [7, 11) is 0. The molecule has 0 aromatic carbocycles. The van der Waals surface area contributed by atoms with Crippen molar-refractivity contribution in [2.24, 2.45) is 0 Å². The zero-order chi connectivity index (χ0) is 26.3. The molecule has 2 aliphatic rings. The molecular weight excluding hydrogens is 486 g/mol. The minimum absolute atomic E-state index is 0.0131. The Bertz CT molecular complexity index is 1060. The fourth-order valence-corrected chi connectivity index (χ4v) is 3.71. The van der Waals surface area contributed by atoms with Crippen molar-refractivity contribution in [1.29, 1.82) is 0 Å². The van der Waals surface area contributed by atoms with Gasteiger partial charge < -0.3 is 19.2 Å². The fraction of sp³-hybridized carbons (Fsp3) is 0.737. The molecule has 35 heavy (non-hydrogen) atoms. The molecule has 0 bridgehead atoms. The van der Waals surface area contributed by atoms with E-state index in [9.17, 15) is 31.1 Å². The van der Waals surface area contributed by atoms with E-state index in [-0.39, 0.29) is 31.5 Å². The first kappa shape index (κ1) is 26.7. The SMILES string of the molecule is CC1NCCn2c1nnc2C(F)(F)F.CC1c2nnc(C(F)(F)F)n2CCN1C(=O)OC(C)(C)C. The summed E-state index contributed by atoms with van der Waals surface area (Å²) in [6, 6.07) is -0.801. The van der Waals surface area contributed by atoms with Crippen molar-refractivity contribution in [3.05, 3.63) is 23.3 Å². The summed E-state index contributed by atoms with van der Waals surface area (Å²) in [5, 5.41) is 16.5. The Morgan fingerprint density at radius 1 is 0.857 bits per heavy atom. The van der Waals surface area contributed by atoms with E-state index >= 15 is 0 Å². The Balaban J connectivity index is 0.000000211. The Morgan fingerprint density at radius 2 is 1.37 bits per heavy atom. The number of hydrogen-bond acceptors (Lipinski definition) is 7. The Morgan fingerprint density at radius 3 is 1.89 bits per heavy atom. The summed E-state index contributed by atoms with van der Waals surface area (Å²) in [4.78, 5) is 13.4. The average molecular weight is 512 g/mol. The second kappa shape index (κ2) is 9.28. The quantitative estimate of drug-likeness (QED) is 0.539. The summed E-state index contributed by atoms with van der Waals surface area (Å²) < 4.78 is 82.9. The van der Waals surface area contributed by atoms with Crippen LogP contribution in [-0.4, -0.2) is 59.2 Å². The molecule has 0 fully saturated rings. The number of aromatic nitrogens is 6. The van der Waals surface area contributed by atoms with Crippen molar-refractivity contribution < 1.29 is 35.9 Å². The van der Waals surface area contributed by atoms with Gasteiger partial charge in [-0.05, 0) is 34.6 Å². The molecule has 196 valence electrons. The van der Waals surface area contributed by atoms with E-state index in [0.717, 1.165) is 9.13 Å². The Kier molecular flexibility index (Phi) is 7.07. The lowest BCUT2D eigenvalue weighted by Gasteiger charge is -2.35. The average Bonchev–Trinajstić information content (AvgIpc) is 3.32. The number of hydrogen-bond donors (Lipinski definition) is 1. The molecule has 4 rings (SSSR count). The number of alkyl halides is 6. The van der Waals surface area contributed by atoms with E-state index in [1.165, 1.54) is 4.90 Å². The van der Waals surface area contributed by atoms with Crippen molar-refractivity contribution in [2.75, 3.05) is 13.1 Å². The van der Waals surface area contributed by atoms with Crippen molar-refractivity contribution in [3.8, 4) is 0 Å². The molecule has 0 radical (unpaired) electrons. The van der Waals surface area contributed by atoms with Gasteiger partial charge in [-0.1, -0.05) is 0 Å². The van der Waals surface area contributed by atoms with Gasteiger partial charge in [-0.15, -0.1) is 20.4 Å². The molecule has 0 spiro atoms. The summed E-state index contributed by atoms with van der Waals surface area (Å²) in [6.45, 7) is 9.42. The number of carbonyl (C=O) groups is 1. The molecule has 0 aliphatic carbocycles. The standard InChI is InChI=1S/C12H17F3N4O2.C7H9F3N4/c1-7-8-16-17-9(12(13,14)15)19(8)6-5-18(7)10(20)21-11(2,3)4;1-4-5-12-13-6(7(8,9)10)14(5)3-2-11-4/h7H,5-6H2,1-4H3;4,11H,2-3H2,1H3. The number of ether oxygens (including phenoxy) is 1. The molecule has 0 saturated heterocycles. The molecule has 2 aromatic heterocycles. The number of rotatable bonds is 0. The van der Waals surface area contributed by atoms with Crippen LogP contribution >= 0.6 is 0 Å². The van der Waals surface area contributed by atoms with E-state index < -0.39 is 41.7 Å². The van der Waals surface area contributed by atoms with Crippen LogP contribution < -0.4 is 5.32 Å². The number of nitrogens with one attached hydrogen (secondary N) is 1. The largest absolute Gasteiger partial charge is 0.451 e. The maximum absolute atomic E-state index is 12.8. The molecule has 2 atom stereocenters. The lowest BCUT2D eigenvalue weighted by Crippen LogP contribution is -2.44. The smallest absolute Gasteiger partial charge is 0.444 e. The minimum atomic E-state index is -4.56. The van der Waals surface area contributed by atoms with Gasteiger partial charge in [0.25, 0.3) is 0 Å². The van der Waals surface area contributed by atoms with E-state index in [0.29, 0.717) is 12.4 Å². The van der Waals surface area contributed by atoms with Crippen LogP contribution in [0.1, 0.15) is 70.0 Å². The van der Waals surface area contributed by atoms with Gasteiger partial charge in [0.2, 0.25) is 11.6 Å². The van der Waals surface area contributed by atoms with Crippen LogP contribution in [0.2, 0.25) is 0 Å². The third kappa shape index (κ3) is 5.85. The fourth-order valence-electron chi connectivity index (χ4n) is 3.71. The van der Waals surface area contributed by atoms with Gasteiger partial charge in [0.1, 0.15) is 11.4 Å². The lowest BCUT2D eigenvalue weighted by molar-refractivity contribution is -0.148. The summed E-state index contributed by atoms with van der Waals surface area (Å²) in [6.07, 6.45) is -9.54. The number of nitrogens with zero attached hydrogens (tertiary/aromatic N) is 7. The zero-order valence-corrected chi connectivity index (χ0v) is 19.7. The third-order valence-electron chi connectivity index (χ3n) is 5.27. The highest BCUT2D eigenvalue weighted by Gasteiger charge is 2.42. The number of halogens is 6. The normalized spacial score (nSPS) is 20.5. The van der Waals surface area contributed by atoms with Gasteiger partial charge in [-0.2, -0.15) is 26.3 Å².